The quantitative estimate of drug-likeness (QED) is 0.409. The molecule has 3 heteroatoms. The first kappa shape index (κ1) is 20.4. The summed E-state index contributed by atoms with van der Waals surface area (Å²) in [6, 6.07) is 12.5. The normalized spacial score (nSPS) is 10.8. The van der Waals surface area contributed by atoms with E-state index >= 15 is 0 Å². The van der Waals surface area contributed by atoms with E-state index in [0.717, 1.165) is 62.5 Å². The van der Waals surface area contributed by atoms with Gasteiger partial charge in [0.1, 0.15) is 5.75 Å². The maximum absolute atomic E-state index is 6.01. The number of aromatic nitrogens is 1. The van der Waals surface area contributed by atoms with E-state index in [4.69, 9.17) is 9.47 Å². The highest BCUT2D eigenvalue weighted by atomic mass is 16.5. The molecule has 2 rings (SSSR count). The largest absolute Gasteiger partial charge is 0.493 e. The van der Waals surface area contributed by atoms with E-state index in [-0.39, 0.29) is 0 Å². The Labute approximate surface area is 158 Å². The number of aryl methyl sites for hydroxylation is 1. The van der Waals surface area contributed by atoms with Crippen molar-refractivity contribution in [2.24, 2.45) is 0 Å². The molecule has 0 atom stereocenters. The van der Waals surface area contributed by atoms with Gasteiger partial charge in [-0.25, -0.2) is 0 Å². The van der Waals surface area contributed by atoms with Crippen LogP contribution in [-0.2, 0) is 11.2 Å². The van der Waals surface area contributed by atoms with Crippen LogP contribution >= 0.6 is 0 Å². The van der Waals surface area contributed by atoms with E-state index in [1.54, 1.807) is 0 Å². The Morgan fingerprint density at radius 2 is 1.69 bits per heavy atom. The number of hydrogen-bond acceptors (Lipinski definition) is 3. The maximum atomic E-state index is 6.01. The molecule has 142 valence electrons. The molecule has 1 aromatic carbocycles. The Morgan fingerprint density at radius 1 is 0.808 bits per heavy atom. The lowest BCUT2D eigenvalue weighted by Gasteiger charge is -2.11. The molecule has 0 spiro atoms. The Balaban J connectivity index is 1.89. The van der Waals surface area contributed by atoms with Gasteiger partial charge in [0.2, 0.25) is 0 Å². The summed E-state index contributed by atoms with van der Waals surface area (Å²) in [5, 5.41) is 0. The van der Waals surface area contributed by atoms with Crippen molar-refractivity contribution < 1.29 is 9.47 Å². The number of hydrogen-bond donors (Lipinski definition) is 0. The molecule has 0 saturated heterocycles. The molecule has 0 N–H and O–H groups in total. The first-order chi connectivity index (χ1) is 12.8. The zero-order valence-electron chi connectivity index (χ0n) is 16.4. The summed E-state index contributed by atoms with van der Waals surface area (Å²) in [6.07, 6.45) is 9.96. The van der Waals surface area contributed by atoms with Crippen molar-refractivity contribution >= 4 is 0 Å². The second-order valence-corrected chi connectivity index (χ2v) is 6.67. The van der Waals surface area contributed by atoms with Crippen LogP contribution in [0.3, 0.4) is 0 Å². The van der Waals surface area contributed by atoms with Crippen LogP contribution < -0.4 is 4.74 Å². The van der Waals surface area contributed by atoms with Gasteiger partial charge in [-0.3, -0.25) is 4.98 Å². The smallest absolute Gasteiger partial charge is 0.128 e. The van der Waals surface area contributed by atoms with Crippen molar-refractivity contribution in [1.29, 1.82) is 0 Å². The van der Waals surface area contributed by atoms with Crippen molar-refractivity contribution in [2.45, 2.75) is 58.8 Å². The predicted octanol–water partition coefficient (Wildman–Crippen LogP) is 6.07. The maximum Gasteiger partial charge on any atom is 0.128 e. The Kier molecular flexibility index (Phi) is 9.81. The van der Waals surface area contributed by atoms with E-state index in [0.29, 0.717) is 0 Å². The van der Waals surface area contributed by atoms with E-state index in [1.165, 1.54) is 24.8 Å². The van der Waals surface area contributed by atoms with Gasteiger partial charge in [-0.1, -0.05) is 51.3 Å². The van der Waals surface area contributed by atoms with Crippen LogP contribution in [0.2, 0.25) is 0 Å². The third kappa shape index (κ3) is 7.17. The fourth-order valence-electron chi connectivity index (χ4n) is 2.87. The highest BCUT2D eigenvalue weighted by Gasteiger charge is 2.07. The Morgan fingerprint density at radius 3 is 2.46 bits per heavy atom. The van der Waals surface area contributed by atoms with Gasteiger partial charge in [0.05, 0.1) is 12.3 Å². The summed E-state index contributed by atoms with van der Waals surface area (Å²) in [5.41, 5.74) is 3.30. The predicted molar refractivity (Wildman–Crippen MR) is 109 cm³/mol. The molecular formula is C23H33NO2. The molecular weight excluding hydrogens is 322 g/mol. The van der Waals surface area contributed by atoms with Crippen LogP contribution in [-0.4, -0.2) is 24.8 Å². The molecule has 1 aromatic heterocycles. The van der Waals surface area contributed by atoms with Crippen molar-refractivity contribution in [3.63, 3.8) is 0 Å². The van der Waals surface area contributed by atoms with E-state index < -0.39 is 0 Å². The lowest BCUT2D eigenvalue weighted by Crippen LogP contribution is -2.00. The molecule has 0 unspecified atom stereocenters. The minimum atomic E-state index is 0.771. The molecule has 2 aromatic rings. The Hall–Kier alpha value is -1.87. The second-order valence-electron chi connectivity index (χ2n) is 6.67. The number of benzene rings is 1. The molecule has 26 heavy (non-hydrogen) atoms. The van der Waals surface area contributed by atoms with Crippen molar-refractivity contribution in [2.75, 3.05) is 19.8 Å². The van der Waals surface area contributed by atoms with Gasteiger partial charge in [-0.2, -0.15) is 0 Å². The van der Waals surface area contributed by atoms with Gasteiger partial charge in [-0.05, 0) is 49.4 Å². The van der Waals surface area contributed by atoms with E-state index in [9.17, 15) is 0 Å². The average Bonchev–Trinajstić information content (AvgIpc) is 2.69. The number of ether oxygens (including phenoxy) is 2. The van der Waals surface area contributed by atoms with Crippen LogP contribution in [0.1, 0.15) is 57.9 Å². The third-order valence-electron chi connectivity index (χ3n) is 4.35. The molecule has 0 aliphatic carbocycles. The first-order valence-electron chi connectivity index (χ1n) is 10.1. The molecule has 0 aliphatic heterocycles. The summed E-state index contributed by atoms with van der Waals surface area (Å²) in [5.74, 6) is 0.928. The molecule has 0 aliphatic rings. The summed E-state index contributed by atoms with van der Waals surface area (Å²) in [6.45, 7) is 6.81. The lowest BCUT2D eigenvalue weighted by atomic mass is 10.1. The summed E-state index contributed by atoms with van der Waals surface area (Å²) >= 11 is 0. The fourth-order valence-corrected chi connectivity index (χ4v) is 2.87. The molecule has 0 fully saturated rings. The summed E-state index contributed by atoms with van der Waals surface area (Å²) in [7, 11) is 0. The van der Waals surface area contributed by atoms with Gasteiger partial charge in [0.25, 0.3) is 0 Å². The van der Waals surface area contributed by atoms with Crippen molar-refractivity contribution in [1.82, 2.24) is 4.98 Å². The molecule has 0 radical (unpaired) electrons. The molecule has 0 saturated carbocycles. The highest BCUT2D eigenvalue weighted by Crippen LogP contribution is 2.28. The van der Waals surface area contributed by atoms with Gasteiger partial charge in [0, 0.05) is 25.0 Å². The number of para-hydroxylation sites is 1. The van der Waals surface area contributed by atoms with Gasteiger partial charge < -0.3 is 9.47 Å². The van der Waals surface area contributed by atoms with Crippen LogP contribution in [0.25, 0.3) is 11.3 Å². The summed E-state index contributed by atoms with van der Waals surface area (Å²) < 4.78 is 11.6. The van der Waals surface area contributed by atoms with Gasteiger partial charge in [-0.15, -0.1) is 0 Å². The van der Waals surface area contributed by atoms with Gasteiger partial charge in [0.15, 0.2) is 0 Å². The van der Waals surface area contributed by atoms with E-state index in [2.05, 4.69) is 37.0 Å². The monoisotopic (exact) mass is 355 g/mol. The van der Waals surface area contributed by atoms with E-state index in [1.807, 2.05) is 24.4 Å². The zero-order chi connectivity index (χ0) is 18.5. The zero-order valence-corrected chi connectivity index (χ0v) is 16.4. The second kappa shape index (κ2) is 12.5. The molecule has 3 nitrogen and oxygen atoms in total. The van der Waals surface area contributed by atoms with Gasteiger partial charge >= 0.3 is 0 Å². The average molecular weight is 356 g/mol. The van der Waals surface area contributed by atoms with Crippen molar-refractivity contribution in [3.8, 4) is 17.0 Å². The minimum absolute atomic E-state index is 0.771. The van der Waals surface area contributed by atoms with Crippen LogP contribution in [0.4, 0.5) is 0 Å². The SMILES string of the molecule is CCCCCCOc1ccccc1-c1ccc(CCCOCCC)cn1. The lowest BCUT2D eigenvalue weighted by molar-refractivity contribution is 0.132. The summed E-state index contributed by atoms with van der Waals surface area (Å²) in [4.78, 5) is 4.66. The molecule has 1 heterocycles. The molecule has 0 amide bonds. The van der Waals surface area contributed by atoms with Crippen LogP contribution in [0.15, 0.2) is 42.6 Å². The number of pyridine rings is 1. The molecule has 0 bridgehead atoms. The van der Waals surface area contributed by atoms with Crippen molar-refractivity contribution in [3.05, 3.63) is 48.2 Å². The highest BCUT2D eigenvalue weighted by molar-refractivity contribution is 5.67. The topological polar surface area (TPSA) is 31.4 Å². The minimum Gasteiger partial charge on any atom is -0.493 e. The van der Waals surface area contributed by atoms with Crippen LogP contribution in [0, 0.1) is 0 Å². The third-order valence-corrected chi connectivity index (χ3v) is 4.35. The first-order valence-corrected chi connectivity index (χ1v) is 10.1. The number of rotatable bonds is 13. The number of nitrogens with zero attached hydrogens (tertiary/aromatic N) is 1. The van der Waals surface area contributed by atoms with Crippen LogP contribution in [0.5, 0.6) is 5.75 Å². The standard InChI is InChI=1S/C23H33NO2/c1-3-5-6-9-18-26-23-13-8-7-12-21(23)22-15-14-20(19-24-22)11-10-17-25-16-4-2/h7-8,12-15,19H,3-6,9-11,16-18H2,1-2H3. The fraction of sp³-hybridized carbons (Fsp3) is 0.522. The Bertz CT molecular complexity index is 610. The number of unbranched alkanes of at least 4 members (excludes halogenated alkanes) is 3.